The number of nitrogens with zero attached hydrogens (tertiary/aromatic N) is 1. The van der Waals surface area contributed by atoms with E-state index in [-0.39, 0.29) is 6.61 Å². The Morgan fingerprint density at radius 1 is 0.774 bits per heavy atom. The zero-order chi connectivity index (χ0) is 22.2. The van der Waals surface area contributed by atoms with Crippen LogP contribution >= 0.6 is 23.2 Å². The third kappa shape index (κ3) is 6.59. The van der Waals surface area contributed by atoms with Gasteiger partial charge in [0.1, 0.15) is 12.4 Å². The van der Waals surface area contributed by atoms with Gasteiger partial charge >= 0.3 is 0 Å². The lowest BCUT2D eigenvalue weighted by molar-refractivity contribution is 0.261. The second-order valence-corrected chi connectivity index (χ2v) is 8.39. The van der Waals surface area contributed by atoms with Gasteiger partial charge in [-0.05, 0) is 84.8 Å². The Morgan fingerprint density at radius 2 is 1.26 bits per heavy atom. The van der Waals surface area contributed by atoms with Crippen LogP contribution in [0.15, 0.2) is 72.8 Å². The molecule has 3 rings (SSSR count). The van der Waals surface area contributed by atoms with E-state index >= 15 is 0 Å². The second-order valence-electron chi connectivity index (χ2n) is 7.52. The van der Waals surface area contributed by atoms with Gasteiger partial charge in [-0.2, -0.15) is 0 Å². The predicted octanol–water partition coefficient (Wildman–Crippen LogP) is 6.28. The fraction of sp³-hybridized carbons (Fsp3) is 0.231. The number of hydrogen-bond acceptors (Lipinski definition) is 3. The van der Waals surface area contributed by atoms with Crippen molar-refractivity contribution in [2.45, 2.75) is 6.42 Å². The Bertz CT molecular complexity index is 995. The summed E-state index contributed by atoms with van der Waals surface area (Å²) in [6.45, 7) is 1.53. The molecule has 0 aliphatic rings. The molecule has 0 radical (unpaired) electrons. The zero-order valence-corrected chi connectivity index (χ0v) is 19.3. The Labute approximate surface area is 194 Å². The van der Waals surface area contributed by atoms with E-state index in [1.165, 1.54) is 0 Å². The molecule has 0 unspecified atom stereocenters. The quantitative estimate of drug-likeness (QED) is 0.385. The van der Waals surface area contributed by atoms with E-state index in [2.05, 4.69) is 17.0 Å². The molecule has 0 aliphatic carbocycles. The maximum atomic E-state index is 9.82. The lowest BCUT2D eigenvalue weighted by atomic mass is 9.88. The number of rotatable bonds is 9. The van der Waals surface area contributed by atoms with Gasteiger partial charge in [-0.1, -0.05) is 59.6 Å². The summed E-state index contributed by atoms with van der Waals surface area (Å²) in [4.78, 5) is 2.09. The first kappa shape index (κ1) is 23.4. The van der Waals surface area contributed by atoms with Crippen molar-refractivity contribution >= 4 is 34.3 Å². The largest absolute Gasteiger partial charge is 0.492 e. The van der Waals surface area contributed by atoms with Crippen molar-refractivity contribution in [3.8, 4) is 5.75 Å². The number of halogens is 2. The van der Waals surface area contributed by atoms with Crippen LogP contribution in [0.1, 0.15) is 23.1 Å². The molecule has 0 saturated carbocycles. The van der Waals surface area contributed by atoms with Crippen LogP contribution < -0.4 is 4.74 Å². The first-order valence-electron chi connectivity index (χ1n) is 10.2. The average Bonchev–Trinajstić information content (AvgIpc) is 2.76. The molecule has 0 amide bonds. The minimum absolute atomic E-state index is 0.0424. The van der Waals surface area contributed by atoms with E-state index in [1.807, 2.05) is 74.8 Å². The van der Waals surface area contributed by atoms with Crippen LogP contribution in [-0.4, -0.2) is 43.9 Å². The third-order valence-corrected chi connectivity index (χ3v) is 5.44. The summed E-state index contributed by atoms with van der Waals surface area (Å²) >= 11 is 12.2. The molecule has 0 aliphatic heterocycles. The van der Waals surface area contributed by atoms with Crippen molar-refractivity contribution in [1.29, 1.82) is 0 Å². The summed E-state index contributed by atoms with van der Waals surface area (Å²) in [5, 5.41) is 11.2. The van der Waals surface area contributed by atoms with Gasteiger partial charge in [-0.3, -0.25) is 0 Å². The molecule has 0 aromatic heterocycles. The SMILES string of the molecule is CN(C)CCOc1ccc(C(=C(CCO)c2ccc(Cl)cc2)c2ccc(Cl)cc2)cc1. The lowest BCUT2D eigenvalue weighted by Crippen LogP contribution is -2.19. The van der Waals surface area contributed by atoms with Crippen LogP contribution in [0, 0.1) is 0 Å². The van der Waals surface area contributed by atoms with Crippen LogP contribution in [0.4, 0.5) is 0 Å². The molecule has 0 saturated heterocycles. The number of aliphatic hydroxyl groups excluding tert-OH is 1. The monoisotopic (exact) mass is 455 g/mol. The summed E-state index contributed by atoms with van der Waals surface area (Å²) in [6, 6.07) is 23.6. The lowest BCUT2D eigenvalue weighted by Gasteiger charge is -2.18. The summed E-state index contributed by atoms with van der Waals surface area (Å²) < 4.78 is 5.85. The number of likely N-dealkylation sites (N-methyl/N-ethyl adjacent to an activating group) is 1. The third-order valence-electron chi connectivity index (χ3n) is 4.94. The van der Waals surface area contributed by atoms with Crippen molar-refractivity contribution in [3.63, 3.8) is 0 Å². The molecule has 3 aromatic carbocycles. The molecule has 0 heterocycles. The van der Waals surface area contributed by atoms with Gasteiger partial charge in [0.05, 0.1) is 0 Å². The predicted molar refractivity (Wildman–Crippen MR) is 131 cm³/mol. The first-order valence-corrected chi connectivity index (χ1v) is 11.0. The van der Waals surface area contributed by atoms with E-state index in [9.17, 15) is 5.11 Å². The standard InChI is InChI=1S/C26H27Cl2NO2/c1-29(2)16-18-31-24-13-7-21(8-14-24)26(20-5-11-23(28)12-6-20)25(15-17-30)19-3-9-22(27)10-4-19/h3-14,30H,15-18H2,1-2H3. The van der Waals surface area contributed by atoms with E-state index in [1.54, 1.807) is 0 Å². The van der Waals surface area contributed by atoms with Gasteiger partial charge in [-0.15, -0.1) is 0 Å². The Balaban J connectivity index is 2.06. The zero-order valence-electron chi connectivity index (χ0n) is 17.8. The van der Waals surface area contributed by atoms with Crippen molar-refractivity contribution in [3.05, 3.63) is 99.5 Å². The summed E-state index contributed by atoms with van der Waals surface area (Å²) in [6.07, 6.45) is 0.515. The molecule has 0 spiro atoms. The molecule has 1 N–H and O–H groups in total. The van der Waals surface area contributed by atoms with Crippen LogP contribution in [0.2, 0.25) is 10.0 Å². The Morgan fingerprint density at radius 3 is 1.74 bits per heavy atom. The first-order chi connectivity index (χ1) is 15.0. The molecule has 162 valence electrons. The van der Waals surface area contributed by atoms with Crippen LogP contribution in [0.25, 0.3) is 11.1 Å². The maximum Gasteiger partial charge on any atom is 0.119 e. The highest BCUT2D eigenvalue weighted by atomic mass is 35.5. The molecular weight excluding hydrogens is 429 g/mol. The van der Waals surface area contributed by atoms with Crippen LogP contribution in [0.5, 0.6) is 5.75 Å². The fourth-order valence-electron chi connectivity index (χ4n) is 3.37. The topological polar surface area (TPSA) is 32.7 Å². The number of aliphatic hydroxyl groups is 1. The fourth-order valence-corrected chi connectivity index (χ4v) is 3.62. The van der Waals surface area contributed by atoms with Gasteiger partial charge in [-0.25, -0.2) is 0 Å². The van der Waals surface area contributed by atoms with E-state index in [4.69, 9.17) is 27.9 Å². The van der Waals surface area contributed by atoms with E-state index < -0.39 is 0 Å². The molecule has 5 heteroatoms. The maximum absolute atomic E-state index is 9.82. The van der Waals surface area contributed by atoms with Crippen molar-refractivity contribution in [1.82, 2.24) is 4.90 Å². The molecule has 3 aromatic rings. The molecule has 0 bridgehead atoms. The highest BCUT2D eigenvalue weighted by Crippen LogP contribution is 2.35. The van der Waals surface area contributed by atoms with Crippen molar-refractivity contribution in [2.75, 3.05) is 33.9 Å². The summed E-state index contributed by atoms with van der Waals surface area (Å²) in [5.74, 6) is 0.830. The van der Waals surface area contributed by atoms with Gasteiger partial charge in [0, 0.05) is 23.2 Å². The normalized spacial score (nSPS) is 12.1. The van der Waals surface area contributed by atoms with Crippen molar-refractivity contribution < 1.29 is 9.84 Å². The number of hydrogen-bond donors (Lipinski definition) is 1. The van der Waals surface area contributed by atoms with Crippen LogP contribution in [-0.2, 0) is 0 Å². The molecule has 0 fully saturated rings. The van der Waals surface area contributed by atoms with Crippen LogP contribution in [0.3, 0.4) is 0 Å². The number of ether oxygens (including phenoxy) is 1. The summed E-state index contributed by atoms with van der Waals surface area (Å²) in [5.41, 5.74) is 5.19. The second kappa shape index (κ2) is 11.4. The summed E-state index contributed by atoms with van der Waals surface area (Å²) in [7, 11) is 4.05. The minimum atomic E-state index is 0.0424. The van der Waals surface area contributed by atoms with E-state index in [0.29, 0.717) is 23.1 Å². The minimum Gasteiger partial charge on any atom is -0.492 e. The smallest absolute Gasteiger partial charge is 0.119 e. The molecule has 0 atom stereocenters. The van der Waals surface area contributed by atoms with Gasteiger partial charge in [0.25, 0.3) is 0 Å². The van der Waals surface area contributed by atoms with Gasteiger partial charge in [0.2, 0.25) is 0 Å². The highest BCUT2D eigenvalue weighted by Gasteiger charge is 2.14. The van der Waals surface area contributed by atoms with Crippen molar-refractivity contribution in [2.24, 2.45) is 0 Å². The molecule has 3 nitrogen and oxygen atoms in total. The molecular formula is C26H27Cl2NO2. The van der Waals surface area contributed by atoms with Gasteiger partial charge < -0.3 is 14.7 Å². The highest BCUT2D eigenvalue weighted by molar-refractivity contribution is 6.31. The Kier molecular flexibility index (Phi) is 8.56. The van der Waals surface area contributed by atoms with Gasteiger partial charge in [0.15, 0.2) is 0 Å². The molecule has 31 heavy (non-hydrogen) atoms. The van der Waals surface area contributed by atoms with E-state index in [0.717, 1.165) is 40.1 Å². The average molecular weight is 456 g/mol. The Hall–Kier alpha value is -2.30. The number of benzene rings is 3.